The number of aliphatic hydroxyl groups excluding tert-OH is 1. The lowest BCUT2D eigenvalue weighted by atomic mass is 9.82. The van der Waals surface area contributed by atoms with E-state index in [-0.39, 0.29) is 12.5 Å². The van der Waals surface area contributed by atoms with Crippen LogP contribution in [0.3, 0.4) is 0 Å². The number of nitrogens with zero attached hydrogens (tertiary/aromatic N) is 1. The standard InChI is InChI=1S/C15H27NO2/c1-12-6-8-13(9-7-12)15(18)16-10-2-4-14(16)5-3-11-17/h12-14,17H,2-11H2,1H3. The van der Waals surface area contributed by atoms with Gasteiger partial charge in [0.2, 0.25) is 5.91 Å². The number of carbonyl (C=O) groups excluding carboxylic acids is 1. The molecule has 3 heteroatoms. The highest BCUT2D eigenvalue weighted by Gasteiger charge is 2.33. The fourth-order valence-corrected chi connectivity index (χ4v) is 3.49. The molecule has 1 aliphatic carbocycles. The number of aliphatic hydroxyl groups is 1. The van der Waals surface area contributed by atoms with Crippen molar-refractivity contribution in [3.8, 4) is 0 Å². The minimum absolute atomic E-state index is 0.249. The van der Waals surface area contributed by atoms with Gasteiger partial charge < -0.3 is 10.0 Å². The highest BCUT2D eigenvalue weighted by Crippen LogP contribution is 2.32. The number of hydrogen-bond acceptors (Lipinski definition) is 2. The Morgan fingerprint density at radius 1 is 1.22 bits per heavy atom. The fourth-order valence-electron chi connectivity index (χ4n) is 3.49. The predicted octanol–water partition coefficient (Wildman–Crippen LogP) is 2.58. The first-order valence-electron chi connectivity index (χ1n) is 7.63. The molecular weight excluding hydrogens is 226 g/mol. The summed E-state index contributed by atoms with van der Waals surface area (Å²) in [5, 5.41) is 8.93. The van der Waals surface area contributed by atoms with Gasteiger partial charge in [-0.05, 0) is 57.3 Å². The van der Waals surface area contributed by atoms with Crippen LogP contribution in [0.1, 0.15) is 58.3 Å². The van der Waals surface area contributed by atoms with Crippen molar-refractivity contribution in [2.45, 2.75) is 64.3 Å². The van der Waals surface area contributed by atoms with Gasteiger partial charge in [0, 0.05) is 25.1 Å². The Morgan fingerprint density at radius 3 is 2.61 bits per heavy atom. The summed E-state index contributed by atoms with van der Waals surface area (Å²) >= 11 is 0. The molecule has 1 aliphatic heterocycles. The van der Waals surface area contributed by atoms with Crippen LogP contribution in [0.2, 0.25) is 0 Å². The molecule has 0 aromatic rings. The normalized spacial score (nSPS) is 32.8. The first-order chi connectivity index (χ1) is 8.72. The van der Waals surface area contributed by atoms with Gasteiger partial charge in [0.1, 0.15) is 0 Å². The summed E-state index contributed by atoms with van der Waals surface area (Å²) in [6, 6.07) is 0.406. The van der Waals surface area contributed by atoms with Crippen LogP contribution >= 0.6 is 0 Å². The van der Waals surface area contributed by atoms with E-state index in [0.29, 0.717) is 11.9 Å². The SMILES string of the molecule is CC1CCC(C(=O)N2CCCC2CCCO)CC1. The minimum Gasteiger partial charge on any atom is -0.396 e. The van der Waals surface area contributed by atoms with Crippen molar-refractivity contribution in [3.63, 3.8) is 0 Å². The molecule has 0 spiro atoms. The summed E-state index contributed by atoms with van der Waals surface area (Å²) in [5.41, 5.74) is 0. The van der Waals surface area contributed by atoms with Crippen LogP contribution < -0.4 is 0 Å². The third-order valence-electron chi connectivity index (χ3n) is 4.72. The molecule has 1 amide bonds. The van der Waals surface area contributed by atoms with Crippen molar-refractivity contribution in [3.05, 3.63) is 0 Å². The summed E-state index contributed by atoms with van der Waals surface area (Å²) in [6.07, 6.45) is 8.69. The number of likely N-dealkylation sites (tertiary alicyclic amines) is 1. The van der Waals surface area contributed by atoms with Crippen molar-refractivity contribution < 1.29 is 9.90 Å². The van der Waals surface area contributed by atoms with Gasteiger partial charge in [-0.2, -0.15) is 0 Å². The Labute approximate surface area is 111 Å². The molecule has 2 aliphatic rings. The van der Waals surface area contributed by atoms with Gasteiger partial charge in [-0.1, -0.05) is 6.92 Å². The van der Waals surface area contributed by atoms with E-state index >= 15 is 0 Å². The first-order valence-corrected chi connectivity index (χ1v) is 7.63. The molecule has 0 radical (unpaired) electrons. The lowest BCUT2D eigenvalue weighted by Gasteiger charge is -2.32. The Morgan fingerprint density at radius 2 is 1.94 bits per heavy atom. The first kappa shape index (κ1) is 13.9. The van der Waals surface area contributed by atoms with Crippen molar-refractivity contribution in [2.75, 3.05) is 13.2 Å². The van der Waals surface area contributed by atoms with E-state index in [1.807, 2.05) is 0 Å². The van der Waals surface area contributed by atoms with E-state index in [9.17, 15) is 4.79 Å². The van der Waals surface area contributed by atoms with Gasteiger partial charge in [-0.15, -0.1) is 0 Å². The second-order valence-corrected chi connectivity index (χ2v) is 6.15. The zero-order valence-corrected chi connectivity index (χ0v) is 11.6. The summed E-state index contributed by atoms with van der Waals surface area (Å²) in [6.45, 7) is 3.49. The molecule has 1 heterocycles. The highest BCUT2D eigenvalue weighted by atomic mass is 16.3. The summed E-state index contributed by atoms with van der Waals surface area (Å²) in [5.74, 6) is 1.50. The summed E-state index contributed by atoms with van der Waals surface area (Å²) in [4.78, 5) is 14.7. The molecule has 1 atom stereocenters. The van der Waals surface area contributed by atoms with Crippen LogP contribution in [-0.2, 0) is 4.79 Å². The third-order valence-corrected chi connectivity index (χ3v) is 4.72. The molecule has 104 valence electrons. The van der Waals surface area contributed by atoms with Crippen LogP contribution in [0.25, 0.3) is 0 Å². The van der Waals surface area contributed by atoms with Crippen molar-refractivity contribution in [2.24, 2.45) is 11.8 Å². The van der Waals surface area contributed by atoms with Gasteiger partial charge in [0.25, 0.3) is 0 Å². The number of carbonyl (C=O) groups is 1. The second-order valence-electron chi connectivity index (χ2n) is 6.15. The van der Waals surface area contributed by atoms with Crippen LogP contribution in [0.5, 0.6) is 0 Å². The van der Waals surface area contributed by atoms with Crippen LogP contribution in [0, 0.1) is 11.8 Å². The Bertz CT molecular complexity index is 272. The fraction of sp³-hybridized carbons (Fsp3) is 0.933. The largest absolute Gasteiger partial charge is 0.396 e. The van der Waals surface area contributed by atoms with Gasteiger partial charge in [0.15, 0.2) is 0 Å². The smallest absolute Gasteiger partial charge is 0.225 e. The molecule has 2 fully saturated rings. The average Bonchev–Trinajstić information content (AvgIpc) is 2.84. The maximum absolute atomic E-state index is 12.5. The Hall–Kier alpha value is -0.570. The van der Waals surface area contributed by atoms with E-state index in [0.717, 1.165) is 51.0 Å². The third kappa shape index (κ3) is 3.25. The molecular formula is C15H27NO2. The van der Waals surface area contributed by atoms with Crippen molar-refractivity contribution in [1.29, 1.82) is 0 Å². The van der Waals surface area contributed by atoms with Crippen LogP contribution in [0.4, 0.5) is 0 Å². The zero-order valence-electron chi connectivity index (χ0n) is 11.6. The Kier molecular flexibility index (Phi) is 5.04. The van der Waals surface area contributed by atoms with Gasteiger partial charge in [0.05, 0.1) is 0 Å². The number of hydrogen-bond donors (Lipinski definition) is 1. The topological polar surface area (TPSA) is 40.5 Å². The van der Waals surface area contributed by atoms with Crippen LogP contribution in [-0.4, -0.2) is 35.1 Å². The van der Waals surface area contributed by atoms with Crippen LogP contribution in [0.15, 0.2) is 0 Å². The molecule has 1 unspecified atom stereocenters. The maximum atomic E-state index is 12.5. The number of amides is 1. The molecule has 1 saturated carbocycles. The summed E-state index contributed by atoms with van der Waals surface area (Å²) in [7, 11) is 0. The van der Waals surface area contributed by atoms with Gasteiger partial charge >= 0.3 is 0 Å². The van der Waals surface area contributed by atoms with E-state index in [4.69, 9.17) is 5.11 Å². The lowest BCUT2D eigenvalue weighted by molar-refractivity contribution is -0.137. The summed E-state index contributed by atoms with van der Waals surface area (Å²) < 4.78 is 0. The van der Waals surface area contributed by atoms with E-state index in [2.05, 4.69) is 11.8 Å². The molecule has 1 N–H and O–H groups in total. The number of rotatable bonds is 4. The lowest BCUT2D eigenvalue weighted by Crippen LogP contribution is -2.40. The second kappa shape index (κ2) is 6.55. The van der Waals surface area contributed by atoms with Gasteiger partial charge in [-0.3, -0.25) is 4.79 Å². The van der Waals surface area contributed by atoms with E-state index in [1.54, 1.807) is 0 Å². The monoisotopic (exact) mass is 253 g/mol. The molecule has 18 heavy (non-hydrogen) atoms. The van der Waals surface area contributed by atoms with E-state index in [1.165, 1.54) is 12.8 Å². The van der Waals surface area contributed by atoms with Crippen molar-refractivity contribution >= 4 is 5.91 Å². The molecule has 0 bridgehead atoms. The average molecular weight is 253 g/mol. The quantitative estimate of drug-likeness (QED) is 0.836. The zero-order chi connectivity index (χ0) is 13.0. The minimum atomic E-state index is 0.249. The highest BCUT2D eigenvalue weighted by molar-refractivity contribution is 5.79. The maximum Gasteiger partial charge on any atom is 0.225 e. The molecule has 0 aromatic carbocycles. The molecule has 3 nitrogen and oxygen atoms in total. The van der Waals surface area contributed by atoms with Crippen molar-refractivity contribution in [1.82, 2.24) is 4.90 Å². The molecule has 0 aromatic heterocycles. The van der Waals surface area contributed by atoms with E-state index < -0.39 is 0 Å². The van der Waals surface area contributed by atoms with Gasteiger partial charge in [-0.25, -0.2) is 0 Å². The predicted molar refractivity (Wildman–Crippen MR) is 72.2 cm³/mol. The molecule has 2 rings (SSSR count). The molecule has 1 saturated heterocycles. The Balaban J connectivity index is 1.87.